The maximum absolute atomic E-state index is 4.33. The van der Waals surface area contributed by atoms with E-state index >= 15 is 0 Å². The van der Waals surface area contributed by atoms with Crippen LogP contribution >= 0.6 is 0 Å². The molecule has 5 nitrogen and oxygen atoms in total. The Hall–Kier alpha value is -1.65. The molecule has 2 unspecified atom stereocenters. The minimum absolute atomic E-state index is 0.524. The number of hydrogen-bond donors (Lipinski definition) is 2. The molecule has 1 saturated carbocycles. The molecule has 0 spiro atoms. The molecule has 2 N–H and O–H groups in total. The lowest BCUT2D eigenvalue weighted by atomic mass is 10.0. The van der Waals surface area contributed by atoms with Crippen LogP contribution in [0.3, 0.4) is 0 Å². The summed E-state index contributed by atoms with van der Waals surface area (Å²) in [5.74, 6) is 1.74. The summed E-state index contributed by atoms with van der Waals surface area (Å²) in [7, 11) is 0. The van der Waals surface area contributed by atoms with Gasteiger partial charge in [-0.2, -0.15) is 0 Å². The topological polar surface area (TPSA) is 66.5 Å². The van der Waals surface area contributed by atoms with E-state index in [1.54, 1.807) is 12.7 Å². The van der Waals surface area contributed by atoms with Gasteiger partial charge in [0, 0.05) is 6.04 Å². The fourth-order valence-corrected chi connectivity index (χ4v) is 2.70. The number of aromatic nitrogens is 4. The number of aromatic amines is 1. The van der Waals surface area contributed by atoms with Gasteiger partial charge in [0.2, 0.25) is 0 Å². The van der Waals surface area contributed by atoms with E-state index in [1.807, 2.05) is 0 Å². The van der Waals surface area contributed by atoms with Gasteiger partial charge >= 0.3 is 0 Å². The van der Waals surface area contributed by atoms with Gasteiger partial charge in [0.25, 0.3) is 0 Å². The third kappa shape index (κ3) is 2.30. The number of nitrogens with zero attached hydrogens (tertiary/aromatic N) is 3. The average molecular weight is 245 g/mol. The van der Waals surface area contributed by atoms with Crippen LogP contribution in [0.4, 0.5) is 5.82 Å². The number of fused-ring (bicyclic) bond motifs is 1. The van der Waals surface area contributed by atoms with Crippen LogP contribution in [0.15, 0.2) is 12.7 Å². The van der Waals surface area contributed by atoms with E-state index in [-0.39, 0.29) is 0 Å². The molecule has 0 aromatic carbocycles. The molecule has 18 heavy (non-hydrogen) atoms. The number of rotatable bonds is 2. The highest BCUT2D eigenvalue weighted by Crippen LogP contribution is 2.25. The van der Waals surface area contributed by atoms with Crippen LogP contribution in [0.25, 0.3) is 11.2 Å². The van der Waals surface area contributed by atoms with E-state index in [4.69, 9.17) is 0 Å². The molecule has 0 aliphatic heterocycles. The van der Waals surface area contributed by atoms with Gasteiger partial charge in [-0.3, -0.25) is 0 Å². The Morgan fingerprint density at radius 2 is 2.11 bits per heavy atom. The largest absolute Gasteiger partial charge is 0.365 e. The van der Waals surface area contributed by atoms with Crippen molar-refractivity contribution in [3.05, 3.63) is 12.7 Å². The third-order valence-corrected chi connectivity index (χ3v) is 3.82. The molecule has 1 aliphatic carbocycles. The molecule has 1 aliphatic rings. The summed E-state index contributed by atoms with van der Waals surface area (Å²) in [6, 6.07) is 0.524. The summed E-state index contributed by atoms with van der Waals surface area (Å²) in [5.41, 5.74) is 1.64. The molecule has 0 radical (unpaired) electrons. The van der Waals surface area contributed by atoms with Crippen LogP contribution in [0.5, 0.6) is 0 Å². The molecule has 2 heterocycles. The first-order chi connectivity index (χ1) is 8.83. The molecule has 0 saturated heterocycles. The number of nitrogens with one attached hydrogen (secondary N) is 2. The van der Waals surface area contributed by atoms with E-state index < -0.39 is 0 Å². The van der Waals surface area contributed by atoms with Gasteiger partial charge < -0.3 is 10.3 Å². The van der Waals surface area contributed by atoms with E-state index in [0.717, 1.165) is 22.9 Å². The number of hydrogen-bond acceptors (Lipinski definition) is 4. The van der Waals surface area contributed by atoms with Crippen LogP contribution in [-0.4, -0.2) is 26.0 Å². The zero-order valence-corrected chi connectivity index (χ0v) is 10.7. The zero-order valence-electron chi connectivity index (χ0n) is 10.7. The molecule has 96 valence electrons. The van der Waals surface area contributed by atoms with Crippen LogP contribution in [-0.2, 0) is 0 Å². The lowest BCUT2D eigenvalue weighted by Gasteiger charge is -2.17. The van der Waals surface area contributed by atoms with Crippen molar-refractivity contribution in [1.82, 2.24) is 19.9 Å². The zero-order chi connectivity index (χ0) is 12.4. The molecule has 2 aromatic rings. The van der Waals surface area contributed by atoms with Gasteiger partial charge in [-0.25, -0.2) is 15.0 Å². The standard InChI is InChI=1S/C13H19N5/c1-9-3-2-4-10(6-5-9)18-13-11-12(15-7-14-11)16-8-17-13/h7-10H,2-6H2,1H3,(H2,14,15,16,17,18). The molecule has 5 heteroatoms. The number of imidazole rings is 1. The van der Waals surface area contributed by atoms with Crippen LogP contribution in [0.2, 0.25) is 0 Å². The molecule has 2 atom stereocenters. The van der Waals surface area contributed by atoms with Crippen molar-refractivity contribution in [2.75, 3.05) is 5.32 Å². The second kappa shape index (κ2) is 4.92. The minimum Gasteiger partial charge on any atom is -0.365 e. The number of anilines is 1. The van der Waals surface area contributed by atoms with Gasteiger partial charge in [-0.15, -0.1) is 0 Å². The first kappa shape index (κ1) is 11.4. The Morgan fingerprint density at radius 3 is 3.06 bits per heavy atom. The van der Waals surface area contributed by atoms with Gasteiger partial charge in [0.15, 0.2) is 11.5 Å². The summed E-state index contributed by atoms with van der Waals surface area (Å²) in [6.07, 6.45) is 9.64. The highest BCUT2D eigenvalue weighted by molar-refractivity contribution is 5.82. The molecular formula is C13H19N5. The quantitative estimate of drug-likeness (QED) is 0.798. The second-order valence-electron chi connectivity index (χ2n) is 5.28. The minimum atomic E-state index is 0.524. The Morgan fingerprint density at radius 1 is 1.17 bits per heavy atom. The second-order valence-corrected chi connectivity index (χ2v) is 5.28. The normalized spacial score (nSPS) is 24.9. The molecule has 1 fully saturated rings. The Kier molecular flexibility index (Phi) is 3.13. The van der Waals surface area contributed by atoms with Crippen molar-refractivity contribution in [2.24, 2.45) is 5.92 Å². The first-order valence-electron chi connectivity index (χ1n) is 6.73. The van der Waals surface area contributed by atoms with Crippen molar-refractivity contribution in [3.8, 4) is 0 Å². The van der Waals surface area contributed by atoms with E-state index in [2.05, 4.69) is 32.2 Å². The summed E-state index contributed by atoms with van der Waals surface area (Å²) < 4.78 is 0. The summed E-state index contributed by atoms with van der Waals surface area (Å²) in [6.45, 7) is 2.35. The summed E-state index contributed by atoms with van der Waals surface area (Å²) in [4.78, 5) is 15.7. The van der Waals surface area contributed by atoms with Crippen molar-refractivity contribution in [2.45, 2.75) is 45.1 Å². The lowest BCUT2D eigenvalue weighted by molar-refractivity contribution is 0.502. The maximum atomic E-state index is 4.33. The predicted molar refractivity (Wildman–Crippen MR) is 71.3 cm³/mol. The van der Waals surface area contributed by atoms with Crippen LogP contribution in [0, 0.1) is 5.92 Å². The smallest absolute Gasteiger partial charge is 0.182 e. The summed E-state index contributed by atoms with van der Waals surface area (Å²) >= 11 is 0. The fraction of sp³-hybridized carbons (Fsp3) is 0.615. The van der Waals surface area contributed by atoms with E-state index in [0.29, 0.717) is 6.04 Å². The fourth-order valence-electron chi connectivity index (χ4n) is 2.70. The molecule has 0 amide bonds. The highest BCUT2D eigenvalue weighted by Gasteiger charge is 2.17. The van der Waals surface area contributed by atoms with Crippen LogP contribution < -0.4 is 5.32 Å². The lowest BCUT2D eigenvalue weighted by Crippen LogP contribution is -2.19. The molecular weight excluding hydrogens is 226 g/mol. The maximum Gasteiger partial charge on any atom is 0.182 e. The highest BCUT2D eigenvalue weighted by atomic mass is 15.1. The van der Waals surface area contributed by atoms with E-state index in [1.165, 1.54) is 32.1 Å². The van der Waals surface area contributed by atoms with Crippen molar-refractivity contribution >= 4 is 17.0 Å². The Balaban J connectivity index is 1.77. The molecule has 2 aromatic heterocycles. The van der Waals surface area contributed by atoms with Gasteiger partial charge in [-0.05, 0) is 25.2 Å². The van der Waals surface area contributed by atoms with Crippen molar-refractivity contribution < 1.29 is 0 Å². The Bertz CT molecular complexity index is 521. The molecule has 3 rings (SSSR count). The van der Waals surface area contributed by atoms with Crippen molar-refractivity contribution in [1.29, 1.82) is 0 Å². The van der Waals surface area contributed by atoms with Gasteiger partial charge in [-0.1, -0.05) is 19.8 Å². The predicted octanol–water partition coefficient (Wildman–Crippen LogP) is 2.73. The van der Waals surface area contributed by atoms with Gasteiger partial charge in [0.1, 0.15) is 11.8 Å². The monoisotopic (exact) mass is 245 g/mol. The Labute approximate surface area is 106 Å². The van der Waals surface area contributed by atoms with Crippen LogP contribution in [0.1, 0.15) is 39.0 Å². The summed E-state index contributed by atoms with van der Waals surface area (Å²) in [5, 5.41) is 3.55. The third-order valence-electron chi connectivity index (χ3n) is 3.82. The first-order valence-corrected chi connectivity index (χ1v) is 6.73. The van der Waals surface area contributed by atoms with Gasteiger partial charge in [0.05, 0.1) is 6.33 Å². The van der Waals surface area contributed by atoms with Crippen molar-refractivity contribution in [3.63, 3.8) is 0 Å². The van der Waals surface area contributed by atoms with E-state index in [9.17, 15) is 0 Å². The average Bonchev–Trinajstić information content (AvgIpc) is 2.76. The SMILES string of the molecule is CC1CCCC(Nc2ncnc3nc[nH]c23)CC1. The molecule has 0 bridgehead atoms. The number of H-pyrrole nitrogens is 1.